The van der Waals surface area contributed by atoms with Crippen molar-refractivity contribution >= 4 is 17.5 Å². The number of hydrogen-bond donors (Lipinski definition) is 1. The monoisotopic (exact) mass is 330 g/mol. The van der Waals surface area contributed by atoms with Crippen LogP contribution in [0.5, 0.6) is 11.5 Å². The summed E-state index contributed by atoms with van der Waals surface area (Å²) in [7, 11) is 0. The van der Waals surface area contributed by atoms with Crippen LogP contribution in [0.4, 0.5) is 5.69 Å². The smallest absolute Gasteiger partial charge is 0.231 e. The Morgan fingerprint density at radius 2 is 1.75 bits per heavy atom. The Kier molecular flexibility index (Phi) is 4.04. The van der Waals surface area contributed by atoms with Crippen molar-refractivity contribution in [2.75, 3.05) is 25.2 Å². The largest absolute Gasteiger partial charge is 0.454 e. The summed E-state index contributed by atoms with van der Waals surface area (Å²) in [6.07, 6.45) is 5.20. The van der Waals surface area contributed by atoms with Gasteiger partial charge < -0.3 is 19.7 Å². The molecular weight excluding hydrogens is 308 g/mol. The molecule has 0 spiro atoms. The molecule has 128 valence electrons. The summed E-state index contributed by atoms with van der Waals surface area (Å²) < 4.78 is 10.6. The van der Waals surface area contributed by atoms with Crippen molar-refractivity contribution < 1.29 is 19.1 Å². The van der Waals surface area contributed by atoms with E-state index in [9.17, 15) is 9.59 Å². The average Bonchev–Trinajstić information content (AvgIpc) is 3.32. The van der Waals surface area contributed by atoms with Gasteiger partial charge in [0.05, 0.1) is 11.8 Å². The number of fused-ring (bicyclic) bond motifs is 1. The molecule has 3 aliphatic rings. The SMILES string of the molecule is O=C(Nc1ccc2c(c1)OCO2)C1CC1C(=O)N1CCCCCC1. The van der Waals surface area contributed by atoms with E-state index in [-0.39, 0.29) is 30.4 Å². The van der Waals surface area contributed by atoms with Gasteiger partial charge in [-0.25, -0.2) is 0 Å². The first-order valence-corrected chi connectivity index (χ1v) is 8.72. The molecule has 2 unspecified atom stereocenters. The molecule has 2 fully saturated rings. The predicted octanol–water partition coefficient (Wildman–Crippen LogP) is 2.39. The van der Waals surface area contributed by atoms with Crippen molar-refractivity contribution in [2.24, 2.45) is 11.8 Å². The van der Waals surface area contributed by atoms with Crippen LogP contribution in [0, 0.1) is 11.8 Å². The average molecular weight is 330 g/mol. The molecule has 1 aromatic carbocycles. The molecule has 2 amide bonds. The van der Waals surface area contributed by atoms with Gasteiger partial charge in [0.25, 0.3) is 0 Å². The normalized spacial score (nSPS) is 25.1. The maximum atomic E-state index is 12.5. The number of nitrogens with one attached hydrogen (secondary N) is 1. The zero-order valence-electron chi connectivity index (χ0n) is 13.6. The minimum absolute atomic E-state index is 0.0814. The number of benzene rings is 1. The topological polar surface area (TPSA) is 67.9 Å². The molecule has 2 heterocycles. The molecule has 2 atom stereocenters. The van der Waals surface area contributed by atoms with Gasteiger partial charge in [0.15, 0.2) is 11.5 Å². The molecule has 6 heteroatoms. The van der Waals surface area contributed by atoms with Gasteiger partial charge >= 0.3 is 0 Å². The van der Waals surface area contributed by atoms with Crippen molar-refractivity contribution in [3.05, 3.63) is 18.2 Å². The first-order chi connectivity index (χ1) is 11.7. The van der Waals surface area contributed by atoms with Crippen LogP contribution in [0.2, 0.25) is 0 Å². The van der Waals surface area contributed by atoms with Gasteiger partial charge in [0.2, 0.25) is 18.6 Å². The Morgan fingerprint density at radius 3 is 2.54 bits per heavy atom. The van der Waals surface area contributed by atoms with E-state index in [0.29, 0.717) is 23.6 Å². The van der Waals surface area contributed by atoms with Gasteiger partial charge in [0, 0.05) is 24.8 Å². The Hall–Kier alpha value is -2.24. The summed E-state index contributed by atoms with van der Waals surface area (Å²) in [4.78, 5) is 26.9. The quantitative estimate of drug-likeness (QED) is 0.924. The van der Waals surface area contributed by atoms with Crippen LogP contribution in [0.15, 0.2) is 18.2 Å². The lowest BCUT2D eigenvalue weighted by Crippen LogP contribution is -2.34. The number of likely N-dealkylation sites (tertiary alicyclic amines) is 1. The van der Waals surface area contributed by atoms with Crippen molar-refractivity contribution in [1.29, 1.82) is 0 Å². The maximum absolute atomic E-state index is 12.5. The zero-order valence-corrected chi connectivity index (χ0v) is 13.6. The number of ether oxygens (including phenoxy) is 2. The second-order valence-corrected chi connectivity index (χ2v) is 6.75. The fourth-order valence-electron chi connectivity index (χ4n) is 3.49. The zero-order chi connectivity index (χ0) is 16.5. The van der Waals surface area contributed by atoms with Crippen molar-refractivity contribution in [2.45, 2.75) is 32.1 Å². The highest BCUT2D eigenvalue weighted by Crippen LogP contribution is 2.42. The number of hydrogen-bond acceptors (Lipinski definition) is 4. The summed E-state index contributed by atoms with van der Waals surface area (Å²) in [5, 5.41) is 2.89. The Balaban J connectivity index is 1.34. The lowest BCUT2D eigenvalue weighted by molar-refractivity contribution is -0.134. The minimum Gasteiger partial charge on any atom is -0.454 e. The van der Waals surface area contributed by atoms with E-state index >= 15 is 0 Å². The predicted molar refractivity (Wildman–Crippen MR) is 87.8 cm³/mol. The highest BCUT2D eigenvalue weighted by molar-refractivity contribution is 5.99. The summed E-state index contributed by atoms with van der Waals surface area (Å²) in [5.41, 5.74) is 0.678. The minimum atomic E-state index is -0.203. The number of anilines is 1. The van der Waals surface area contributed by atoms with Crippen LogP contribution in [-0.2, 0) is 9.59 Å². The summed E-state index contributed by atoms with van der Waals surface area (Å²) in [5.74, 6) is 1.06. The van der Waals surface area contributed by atoms with Crippen molar-refractivity contribution in [3.8, 4) is 11.5 Å². The van der Waals surface area contributed by atoms with E-state index in [4.69, 9.17) is 9.47 Å². The summed E-state index contributed by atoms with van der Waals surface area (Å²) >= 11 is 0. The molecule has 0 aromatic heterocycles. The number of carbonyl (C=O) groups is 2. The van der Waals surface area contributed by atoms with Crippen LogP contribution >= 0.6 is 0 Å². The molecular formula is C18H22N2O4. The van der Waals surface area contributed by atoms with E-state index in [1.807, 2.05) is 4.90 Å². The molecule has 1 aromatic rings. The standard InChI is InChI=1S/C18H22N2O4/c21-17(19-12-5-6-15-16(9-12)24-11-23-15)13-10-14(13)18(22)20-7-3-1-2-4-8-20/h5-6,9,13-14H,1-4,7-8,10-11H2,(H,19,21). The molecule has 6 nitrogen and oxygen atoms in total. The van der Waals surface area contributed by atoms with Gasteiger partial charge in [-0.1, -0.05) is 12.8 Å². The van der Waals surface area contributed by atoms with E-state index in [1.165, 1.54) is 12.8 Å². The lowest BCUT2D eigenvalue weighted by Gasteiger charge is -2.20. The number of amides is 2. The van der Waals surface area contributed by atoms with Crippen LogP contribution in [-0.4, -0.2) is 36.6 Å². The first kappa shape index (κ1) is 15.3. The Bertz CT molecular complexity index is 652. The van der Waals surface area contributed by atoms with Crippen LogP contribution in [0.25, 0.3) is 0 Å². The lowest BCUT2D eigenvalue weighted by atomic mass is 10.2. The van der Waals surface area contributed by atoms with Crippen LogP contribution < -0.4 is 14.8 Å². The van der Waals surface area contributed by atoms with Gasteiger partial charge in [-0.3, -0.25) is 9.59 Å². The highest BCUT2D eigenvalue weighted by atomic mass is 16.7. The van der Waals surface area contributed by atoms with E-state index in [1.54, 1.807) is 18.2 Å². The van der Waals surface area contributed by atoms with E-state index in [2.05, 4.69) is 5.32 Å². The summed E-state index contributed by atoms with van der Waals surface area (Å²) in [6.45, 7) is 1.89. The maximum Gasteiger partial charge on any atom is 0.231 e. The Morgan fingerprint density at radius 1 is 1.00 bits per heavy atom. The molecule has 24 heavy (non-hydrogen) atoms. The summed E-state index contributed by atoms with van der Waals surface area (Å²) in [6, 6.07) is 5.33. The molecule has 1 saturated heterocycles. The van der Waals surface area contributed by atoms with E-state index in [0.717, 1.165) is 25.9 Å². The van der Waals surface area contributed by atoms with Gasteiger partial charge in [0.1, 0.15) is 0 Å². The van der Waals surface area contributed by atoms with E-state index < -0.39 is 0 Å². The Labute approximate surface area is 141 Å². The van der Waals surface area contributed by atoms with Crippen molar-refractivity contribution in [3.63, 3.8) is 0 Å². The molecule has 1 N–H and O–H groups in total. The number of rotatable bonds is 3. The number of carbonyl (C=O) groups excluding carboxylic acids is 2. The van der Waals surface area contributed by atoms with Gasteiger partial charge in [-0.05, 0) is 31.4 Å². The first-order valence-electron chi connectivity index (χ1n) is 8.72. The van der Waals surface area contributed by atoms with Crippen molar-refractivity contribution in [1.82, 2.24) is 4.90 Å². The highest BCUT2D eigenvalue weighted by Gasteiger charge is 2.49. The molecule has 1 saturated carbocycles. The number of nitrogens with zero attached hydrogens (tertiary/aromatic N) is 1. The third-order valence-corrected chi connectivity index (χ3v) is 5.00. The molecule has 1 aliphatic carbocycles. The fraction of sp³-hybridized carbons (Fsp3) is 0.556. The third kappa shape index (κ3) is 3.05. The molecule has 0 bridgehead atoms. The van der Waals surface area contributed by atoms with Gasteiger partial charge in [-0.2, -0.15) is 0 Å². The fourth-order valence-corrected chi connectivity index (χ4v) is 3.49. The second-order valence-electron chi connectivity index (χ2n) is 6.75. The van der Waals surface area contributed by atoms with Crippen LogP contribution in [0.3, 0.4) is 0 Å². The molecule has 2 aliphatic heterocycles. The third-order valence-electron chi connectivity index (χ3n) is 5.00. The van der Waals surface area contributed by atoms with Gasteiger partial charge in [-0.15, -0.1) is 0 Å². The van der Waals surface area contributed by atoms with Crippen LogP contribution in [0.1, 0.15) is 32.1 Å². The second kappa shape index (κ2) is 6.34. The molecule has 4 rings (SSSR count). The molecule has 0 radical (unpaired) electrons.